The largest absolute Gasteiger partial charge is 0.508 e. The summed E-state index contributed by atoms with van der Waals surface area (Å²) in [4.78, 5) is 70.8. The van der Waals surface area contributed by atoms with Crippen molar-refractivity contribution in [2.45, 2.75) is 50.6 Å². The van der Waals surface area contributed by atoms with Crippen LogP contribution in [0.25, 0.3) is 11.1 Å². The van der Waals surface area contributed by atoms with Crippen LogP contribution in [-0.2, 0) is 59.8 Å². The summed E-state index contributed by atoms with van der Waals surface area (Å²) in [5, 5.41) is 19.7. The molecule has 0 saturated heterocycles. The summed E-state index contributed by atoms with van der Waals surface area (Å²) in [5.74, 6) is -5.74. The normalized spacial score (nSPS) is 19.6. The lowest BCUT2D eigenvalue weighted by molar-refractivity contribution is -0.135. The summed E-state index contributed by atoms with van der Waals surface area (Å²) in [6.45, 7) is -0.334. The third-order valence-electron chi connectivity index (χ3n) is 10.1. The van der Waals surface area contributed by atoms with Gasteiger partial charge in [-0.05, 0) is 82.8 Å². The maximum absolute atomic E-state index is 14.5. The number of carbonyl (C=O) groups excluding carboxylic acids is 5. The van der Waals surface area contributed by atoms with Crippen LogP contribution >= 0.6 is 11.3 Å². The quantitative estimate of drug-likeness (QED) is 0.121. The predicted molar refractivity (Wildman–Crippen MR) is 226 cm³/mol. The van der Waals surface area contributed by atoms with Crippen molar-refractivity contribution in [1.82, 2.24) is 16.0 Å². The van der Waals surface area contributed by atoms with Crippen LogP contribution in [0.5, 0.6) is 11.5 Å². The van der Waals surface area contributed by atoms with Crippen molar-refractivity contribution >= 4 is 50.7 Å². The number of ether oxygens (including phenoxy) is 1. The maximum atomic E-state index is 14.5. The van der Waals surface area contributed by atoms with Gasteiger partial charge in [0.05, 0.1) is 6.04 Å². The van der Waals surface area contributed by atoms with Gasteiger partial charge in [0.25, 0.3) is 10.1 Å². The van der Waals surface area contributed by atoms with Gasteiger partial charge in [0.2, 0.25) is 17.7 Å². The molecular weight excluding hydrogens is 807 g/mol. The number of phenolic OH excluding ortho intramolecular Hbond substituents is 1. The van der Waals surface area contributed by atoms with Gasteiger partial charge in [-0.15, -0.1) is 11.3 Å². The zero-order valence-electron chi connectivity index (χ0n) is 32.5. The molecule has 0 saturated carbocycles. The molecule has 5 aromatic rings. The van der Waals surface area contributed by atoms with Crippen molar-refractivity contribution < 1.29 is 46.8 Å². The Morgan fingerprint density at radius 2 is 1.35 bits per heavy atom. The van der Waals surface area contributed by atoms with Gasteiger partial charge in [-0.1, -0.05) is 84.9 Å². The highest BCUT2D eigenvalue weighted by Gasteiger charge is 2.33. The molecule has 312 valence electrons. The Morgan fingerprint density at radius 1 is 0.717 bits per heavy atom. The van der Waals surface area contributed by atoms with E-state index in [1.165, 1.54) is 23.5 Å². The lowest BCUT2D eigenvalue weighted by atomic mass is 9.89. The summed E-state index contributed by atoms with van der Waals surface area (Å²) >= 11 is 1.44. The molecule has 0 unspecified atom stereocenters. The molecule has 3 amide bonds. The van der Waals surface area contributed by atoms with Crippen molar-refractivity contribution in [2.24, 2.45) is 11.8 Å². The van der Waals surface area contributed by atoms with Gasteiger partial charge >= 0.3 is 0 Å². The Kier molecular flexibility index (Phi) is 14.6. The van der Waals surface area contributed by atoms with Crippen molar-refractivity contribution in [2.75, 3.05) is 12.5 Å². The number of hydrogen-bond donors (Lipinski definition) is 5. The average molecular weight is 852 g/mol. The zero-order valence-corrected chi connectivity index (χ0v) is 34.1. The molecule has 60 heavy (non-hydrogen) atoms. The molecule has 15 heteroatoms. The monoisotopic (exact) mass is 851 g/mol. The Hall–Kier alpha value is -6.16. The van der Waals surface area contributed by atoms with Crippen molar-refractivity contribution in [3.63, 3.8) is 0 Å². The first kappa shape index (κ1) is 43.4. The van der Waals surface area contributed by atoms with E-state index in [-0.39, 0.29) is 50.2 Å². The Labute approximate surface area is 351 Å². The summed E-state index contributed by atoms with van der Waals surface area (Å²) in [5.41, 5.74) is 3.78. The lowest BCUT2D eigenvalue weighted by Gasteiger charge is -2.26. The highest BCUT2D eigenvalue weighted by molar-refractivity contribution is 7.85. The number of carbonyl (C=O) groups is 5. The van der Waals surface area contributed by atoms with Crippen molar-refractivity contribution in [3.05, 3.63) is 142 Å². The number of phenols is 1. The summed E-state index contributed by atoms with van der Waals surface area (Å²) in [6, 6.07) is 31.0. The highest BCUT2D eigenvalue weighted by atomic mass is 32.2. The Balaban J connectivity index is 1.36. The number of benzene rings is 4. The number of hydrogen-bond acceptors (Lipinski definition) is 10. The number of fused-ring (bicyclic) bond motifs is 16. The molecule has 5 N–H and O–H groups in total. The number of amides is 3. The minimum Gasteiger partial charge on any atom is -0.508 e. The first-order valence-electron chi connectivity index (χ1n) is 19.3. The molecule has 0 aliphatic carbocycles. The minimum atomic E-state index is -4.60. The molecule has 2 bridgehead atoms. The fraction of sp³-hybridized carbons (Fsp3) is 0.267. The van der Waals surface area contributed by atoms with E-state index in [1.807, 2.05) is 72.1 Å². The molecule has 1 aromatic heterocycles. The second-order valence-electron chi connectivity index (χ2n) is 14.8. The number of thiophene rings is 1. The molecule has 2 aliphatic rings. The number of rotatable bonds is 10. The fourth-order valence-electron chi connectivity index (χ4n) is 6.97. The number of ketones is 2. The molecule has 0 spiro atoms. The van der Waals surface area contributed by atoms with Crippen LogP contribution < -0.4 is 20.7 Å². The third kappa shape index (κ3) is 12.9. The van der Waals surface area contributed by atoms with Crippen LogP contribution in [0, 0.1) is 11.8 Å². The van der Waals surface area contributed by atoms with Gasteiger partial charge in [-0.2, -0.15) is 8.42 Å². The molecule has 4 aromatic carbocycles. The zero-order chi connectivity index (χ0) is 42.6. The van der Waals surface area contributed by atoms with Crippen LogP contribution in [0.15, 0.2) is 121 Å². The molecular formula is C45H45N3O10S2. The second-order valence-corrected chi connectivity index (χ2v) is 17.2. The average Bonchev–Trinajstić information content (AvgIpc) is 3.75. The summed E-state index contributed by atoms with van der Waals surface area (Å²) in [7, 11) is -4.60. The first-order chi connectivity index (χ1) is 28.8. The van der Waals surface area contributed by atoms with Gasteiger partial charge in [-0.3, -0.25) is 28.5 Å². The van der Waals surface area contributed by atoms with Crippen LogP contribution in [0.4, 0.5) is 0 Å². The van der Waals surface area contributed by atoms with E-state index < -0.39 is 69.8 Å². The predicted octanol–water partition coefficient (Wildman–Crippen LogP) is 4.87. The lowest BCUT2D eigenvalue weighted by Crippen LogP contribution is -2.54. The van der Waals surface area contributed by atoms with E-state index in [2.05, 4.69) is 16.0 Å². The minimum absolute atomic E-state index is 0.0155. The van der Waals surface area contributed by atoms with Crippen LogP contribution in [-0.4, -0.2) is 71.9 Å². The van der Waals surface area contributed by atoms with E-state index in [4.69, 9.17) is 4.74 Å². The van der Waals surface area contributed by atoms with Gasteiger partial charge in [-0.25, -0.2) is 0 Å². The number of Topliss-reactive ketones (excluding diaryl/α,β-unsaturated/α-hetero) is 2. The van der Waals surface area contributed by atoms with E-state index in [1.54, 1.807) is 36.4 Å². The molecule has 3 heterocycles. The smallest absolute Gasteiger partial charge is 0.283 e. The van der Waals surface area contributed by atoms with Gasteiger partial charge in [0, 0.05) is 36.0 Å². The summed E-state index contributed by atoms with van der Waals surface area (Å²) in [6.07, 6.45) is -0.474. The standard InChI is InChI=1S/C45H45N3O10S2/c49-36-16-10-31(11-17-36)22-40-42(51)26-34(43(52)46-28-60(55,56)57)21-29-12-18-38(19-13-29)58-27-37(50)24-35(25-39-7-4-20-59-39)44(53)48-41(45(54)47-40)23-30-8-14-33(15-9-30)32-5-2-1-3-6-32/h1-20,34-35,40-41,49H,21-28H2,(H,46,52)(H,47,54)(H,48,53)(H,55,56,57)/t34-,35+,40+,41-/m1/s1. The highest BCUT2D eigenvalue weighted by Crippen LogP contribution is 2.24. The van der Waals surface area contributed by atoms with Crippen LogP contribution in [0.1, 0.15) is 34.4 Å². The molecule has 0 radical (unpaired) electrons. The van der Waals surface area contributed by atoms with E-state index in [0.717, 1.165) is 16.0 Å². The summed E-state index contributed by atoms with van der Waals surface area (Å²) < 4.78 is 38.2. The molecule has 4 atom stereocenters. The molecule has 7 rings (SSSR count). The Morgan fingerprint density at radius 3 is 2.00 bits per heavy atom. The van der Waals surface area contributed by atoms with Gasteiger partial charge in [0.15, 0.2) is 11.6 Å². The van der Waals surface area contributed by atoms with Crippen LogP contribution in [0.2, 0.25) is 0 Å². The maximum Gasteiger partial charge on any atom is 0.283 e. The van der Waals surface area contributed by atoms with Gasteiger partial charge in [0.1, 0.15) is 30.0 Å². The van der Waals surface area contributed by atoms with E-state index in [0.29, 0.717) is 22.4 Å². The van der Waals surface area contributed by atoms with E-state index >= 15 is 0 Å². The van der Waals surface area contributed by atoms with Crippen molar-refractivity contribution in [1.29, 1.82) is 0 Å². The third-order valence-corrected chi connectivity index (χ3v) is 11.5. The number of aromatic hydroxyl groups is 1. The second kappa shape index (κ2) is 20.2. The fourth-order valence-corrected chi connectivity index (χ4v) is 8.08. The topological polar surface area (TPSA) is 205 Å². The number of nitrogens with one attached hydrogen (secondary N) is 3. The van der Waals surface area contributed by atoms with E-state index in [9.17, 15) is 42.0 Å². The molecule has 13 nitrogen and oxygen atoms in total. The van der Waals surface area contributed by atoms with Crippen molar-refractivity contribution in [3.8, 4) is 22.6 Å². The Bertz CT molecular complexity index is 2370. The van der Waals surface area contributed by atoms with Crippen LogP contribution in [0.3, 0.4) is 0 Å². The SMILES string of the molecule is O=C1COc2ccc(cc2)C[C@@H](C(=O)NCS(=O)(=O)O)CC(=O)[C@H](Cc2ccc(O)cc2)NC(=O)[C@@H](Cc2ccc(-c3ccccc3)cc2)NC(=O)[C@H](Cc2cccs2)C1. The molecule has 0 fully saturated rings. The molecule has 2 aliphatic heterocycles. The van der Waals surface area contributed by atoms with Gasteiger partial charge < -0.3 is 25.8 Å². The first-order valence-corrected chi connectivity index (χ1v) is 21.8.